The average Bonchev–Trinajstić information content (AvgIpc) is 3.21. The molecule has 2 amide bonds. The fourth-order valence-corrected chi connectivity index (χ4v) is 2.96. The van der Waals surface area contributed by atoms with Gasteiger partial charge in [0.1, 0.15) is 11.0 Å². The summed E-state index contributed by atoms with van der Waals surface area (Å²) < 4.78 is 6.07. The number of carbonyl (C=O) groups excluding carboxylic acids is 2. The van der Waals surface area contributed by atoms with Crippen LogP contribution in [0.3, 0.4) is 0 Å². The van der Waals surface area contributed by atoms with Crippen molar-refractivity contribution in [2.24, 2.45) is 0 Å². The first-order chi connectivity index (χ1) is 11.1. The molecule has 0 bridgehead atoms. The fourth-order valence-electron chi connectivity index (χ4n) is 2.05. The maximum absolute atomic E-state index is 12.1. The van der Waals surface area contributed by atoms with Crippen LogP contribution in [0, 0.1) is 0 Å². The molecule has 0 aliphatic heterocycles. The van der Waals surface area contributed by atoms with Crippen LogP contribution in [0.25, 0.3) is 10.2 Å². The predicted octanol–water partition coefficient (Wildman–Crippen LogP) is 2.32. The van der Waals surface area contributed by atoms with E-state index in [9.17, 15) is 9.59 Å². The van der Waals surface area contributed by atoms with Gasteiger partial charge in [-0.05, 0) is 31.2 Å². The zero-order valence-electron chi connectivity index (χ0n) is 12.4. The highest BCUT2D eigenvalue weighted by Crippen LogP contribution is 2.21. The number of rotatable bonds is 5. The lowest BCUT2D eigenvalue weighted by molar-refractivity contribution is -0.122. The van der Waals surface area contributed by atoms with Crippen molar-refractivity contribution >= 4 is 33.4 Å². The summed E-state index contributed by atoms with van der Waals surface area (Å²) in [4.78, 5) is 28.3. The summed E-state index contributed by atoms with van der Waals surface area (Å²) in [6, 6.07) is 10.3. The number of carbonyl (C=O) groups is 2. The third-order valence-corrected chi connectivity index (χ3v) is 4.27. The summed E-state index contributed by atoms with van der Waals surface area (Å²) in [5.74, 6) is -0.516. The minimum atomic E-state index is -0.665. The monoisotopic (exact) mass is 329 g/mol. The molecular weight excluding hydrogens is 314 g/mol. The third-order valence-electron chi connectivity index (χ3n) is 3.24. The highest BCUT2D eigenvalue weighted by molar-refractivity contribution is 7.18. The molecule has 23 heavy (non-hydrogen) atoms. The number of amides is 2. The smallest absolute Gasteiger partial charge is 0.287 e. The van der Waals surface area contributed by atoms with Gasteiger partial charge in [0, 0.05) is 0 Å². The molecule has 0 spiro atoms. The number of thiazole rings is 1. The Balaban J connectivity index is 1.55. The van der Waals surface area contributed by atoms with E-state index in [1.807, 2.05) is 24.3 Å². The molecule has 2 heterocycles. The SMILES string of the molecule is CC(NC(=O)c1ccco1)C(=O)NCc1nc2ccccc2s1. The summed E-state index contributed by atoms with van der Waals surface area (Å²) >= 11 is 1.53. The average molecular weight is 329 g/mol. The molecule has 0 aliphatic rings. The number of hydrogen-bond acceptors (Lipinski definition) is 5. The Hall–Kier alpha value is -2.67. The zero-order chi connectivity index (χ0) is 16.2. The summed E-state index contributed by atoms with van der Waals surface area (Å²) in [6.07, 6.45) is 1.41. The Labute approximate surface area is 136 Å². The van der Waals surface area contributed by atoms with E-state index < -0.39 is 11.9 Å². The second-order valence-corrected chi connectivity index (χ2v) is 6.08. The minimum Gasteiger partial charge on any atom is -0.459 e. The van der Waals surface area contributed by atoms with Crippen molar-refractivity contribution in [3.05, 3.63) is 53.4 Å². The molecule has 2 N–H and O–H groups in total. The Morgan fingerprint density at radius 2 is 2.09 bits per heavy atom. The zero-order valence-corrected chi connectivity index (χ0v) is 13.2. The number of aromatic nitrogens is 1. The van der Waals surface area contributed by atoms with Crippen LogP contribution in [-0.4, -0.2) is 22.8 Å². The normalized spacial score (nSPS) is 12.0. The second-order valence-electron chi connectivity index (χ2n) is 4.97. The highest BCUT2D eigenvalue weighted by Gasteiger charge is 2.18. The first-order valence-corrected chi connectivity index (χ1v) is 7.91. The van der Waals surface area contributed by atoms with E-state index in [1.54, 1.807) is 19.1 Å². The van der Waals surface area contributed by atoms with E-state index in [1.165, 1.54) is 17.6 Å². The van der Waals surface area contributed by atoms with Gasteiger partial charge in [0.05, 0.1) is 23.0 Å². The lowest BCUT2D eigenvalue weighted by atomic mass is 10.3. The highest BCUT2D eigenvalue weighted by atomic mass is 32.1. The van der Waals surface area contributed by atoms with Crippen molar-refractivity contribution < 1.29 is 14.0 Å². The van der Waals surface area contributed by atoms with Crippen LogP contribution in [0.5, 0.6) is 0 Å². The maximum Gasteiger partial charge on any atom is 0.287 e. The van der Waals surface area contributed by atoms with Gasteiger partial charge in [-0.15, -0.1) is 11.3 Å². The lowest BCUT2D eigenvalue weighted by Gasteiger charge is -2.12. The van der Waals surface area contributed by atoms with Crippen LogP contribution in [0.1, 0.15) is 22.5 Å². The van der Waals surface area contributed by atoms with Gasteiger partial charge in [-0.25, -0.2) is 4.98 Å². The van der Waals surface area contributed by atoms with Crippen LogP contribution < -0.4 is 10.6 Å². The topological polar surface area (TPSA) is 84.2 Å². The van der Waals surface area contributed by atoms with Gasteiger partial charge in [0.15, 0.2) is 5.76 Å². The second kappa shape index (κ2) is 6.62. The van der Waals surface area contributed by atoms with Crippen molar-refractivity contribution in [1.82, 2.24) is 15.6 Å². The standard InChI is InChI=1S/C16H15N3O3S/c1-10(18-16(21)12-6-4-8-22-12)15(20)17-9-14-19-11-5-2-3-7-13(11)23-14/h2-8,10H,9H2,1H3,(H,17,20)(H,18,21). The molecule has 3 aromatic rings. The van der Waals surface area contributed by atoms with E-state index in [0.29, 0.717) is 6.54 Å². The van der Waals surface area contributed by atoms with Crippen molar-refractivity contribution in [2.75, 3.05) is 0 Å². The van der Waals surface area contributed by atoms with Gasteiger partial charge < -0.3 is 15.1 Å². The van der Waals surface area contributed by atoms with Gasteiger partial charge in [-0.1, -0.05) is 12.1 Å². The number of hydrogen-bond donors (Lipinski definition) is 2. The molecule has 1 aromatic carbocycles. The molecule has 0 radical (unpaired) electrons. The van der Waals surface area contributed by atoms with Crippen molar-refractivity contribution in [3.8, 4) is 0 Å². The molecule has 3 rings (SSSR count). The summed E-state index contributed by atoms with van der Waals surface area (Å²) in [5.41, 5.74) is 0.918. The molecule has 7 heteroatoms. The maximum atomic E-state index is 12.1. The molecule has 1 unspecified atom stereocenters. The Morgan fingerprint density at radius 1 is 1.26 bits per heavy atom. The summed E-state index contributed by atoms with van der Waals surface area (Å²) in [6.45, 7) is 1.95. The van der Waals surface area contributed by atoms with Gasteiger partial charge in [0.25, 0.3) is 5.91 Å². The molecule has 0 fully saturated rings. The Morgan fingerprint density at radius 3 is 2.83 bits per heavy atom. The van der Waals surface area contributed by atoms with E-state index in [2.05, 4.69) is 15.6 Å². The molecule has 2 aromatic heterocycles. The molecule has 0 saturated carbocycles. The lowest BCUT2D eigenvalue weighted by Crippen LogP contribution is -2.44. The Kier molecular flexibility index (Phi) is 4.38. The number of furan rings is 1. The number of nitrogens with zero attached hydrogens (tertiary/aromatic N) is 1. The predicted molar refractivity (Wildman–Crippen MR) is 87.1 cm³/mol. The van der Waals surface area contributed by atoms with E-state index in [0.717, 1.165) is 15.2 Å². The Bertz CT molecular complexity index is 793. The van der Waals surface area contributed by atoms with E-state index in [-0.39, 0.29) is 11.7 Å². The van der Waals surface area contributed by atoms with Crippen LogP contribution in [0.4, 0.5) is 0 Å². The van der Waals surface area contributed by atoms with Crippen LogP contribution >= 0.6 is 11.3 Å². The largest absolute Gasteiger partial charge is 0.459 e. The molecule has 6 nitrogen and oxygen atoms in total. The quantitative estimate of drug-likeness (QED) is 0.752. The summed E-state index contributed by atoms with van der Waals surface area (Å²) in [7, 11) is 0. The molecule has 0 aliphatic carbocycles. The van der Waals surface area contributed by atoms with Gasteiger partial charge in [-0.2, -0.15) is 0 Å². The van der Waals surface area contributed by atoms with E-state index in [4.69, 9.17) is 4.42 Å². The van der Waals surface area contributed by atoms with Crippen LogP contribution in [0.15, 0.2) is 47.1 Å². The first-order valence-electron chi connectivity index (χ1n) is 7.10. The minimum absolute atomic E-state index is 0.177. The number of benzene rings is 1. The van der Waals surface area contributed by atoms with Crippen molar-refractivity contribution in [3.63, 3.8) is 0 Å². The van der Waals surface area contributed by atoms with Crippen molar-refractivity contribution in [1.29, 1.82) is 0 Å². The molecular formula is C16H15N3O3S. The number of nitrogens with one attached hydrogen (secondary N) is 2. The summed E-state index contributed by atoms with van der Waals surface area (Å²) in [5, 5.41) is 6.18. The van der Waals surface area contributed by atoms with E-state index >= 15 is 0 Å². The van der Waals surface area contributed by atoms with Crippen LogP contribution in [-0.2, 0) is 11.3 Å². The molecule has 1 atom stereocenters. The molecule has 118 valence electrons. The number of para-hydroxylation sites is 1. The molecule has 0 saturated heterocycles. The van der Waals surface area contributed by atoms with Gasteiger partial charge in [-0.3, -0.25) is 9.59 Å². The number of fused-ring (bicyclic) bond motifs is 1. The first kappa shape index (κ1) is 15.2. The fraction of sp³-hybridized carbons (Fsp3) is 0.188. The van der Waals surface area contributed by atoms with Gasteiger partial charge in [0.2, 0.25) is 5.91 Å². The van der Waals surface area contributed by atoms with Crippen molar-refractivity contribution in [2.45, 2.75) is 19.5 Å². The third kappa shape index (κ3) is 3.57. The van der Waals surface area contributed by atoms with Crippen LogP contribution in [0.2, 0.25) is 0 Å². The van der Waals surface area contributed by atoms with Gasteiger partial charge >= 0.3 is 0 Å².